The van der Waals surface area contributed by atoms with Gasteiger partial charge in [-0.05, 0) is 11.6 Å². The topological polar surface area (TPSA) is 90.6 Å². The van der Waals surface area contributed by atoms with Crippen molar-refractivity contribution in [2.45, 2.75) is 0 Å². The summed E-state index contributed by atoms with van der Waals surface area (Å²) in [5.74, 6) is 2.43. The van der Waals surface area contributed by atoms with Crippen LogP contribution in [0.3, 0.4) is 0 Å². The van der Waals surface area contributed by atoms with Crippen molar-refractivity contribution in [3.63, 3.8) is 0 Å². The first kappa shape index (κ1) is 15.2. The number of hydrogen-bond donors (Lipinski definition) is 0. The van der Waals surface area contributed by atoms with Crippen molar-refractivity contribution in [3.05, 3.63) is 65.9 Å². The summed E-state index contributed by atoms with van der Waals surface area (Å²) in [5.41, 5.74) is 1.76. The van der Waals surface area contributed by atoms with Gasteiger partial charge in [-0.1, -0.05) is 60.7 Å². The molecule has 134 valence electrons. The average Bonchev–Trinajstić information content (AvgIpc) is 3.44. The zero-order chi connectivity index (χ0) is 18.7. The van der Waals surface area contributed by atoms with Crippen molar-refractivity contribution in [1.82, 2.24) is 43.8 Å². The molecule has 4 aromatic heterocycles. The van der Waals surface area contributed by atoms with Gasteiger partial charge in [-0.25, -0.2) is 0 Å². The Bertz CT molecular complexity index is 1350. The van der Waals surface area contributed by atoms with Gasteiger partial charge in [0.2, 0.25) is 5.28 Å². The second-order valence-electron chi connectivity index (χ2n) is 6.12. The van der Waals surface area contributed by atoms with Gasteiger partial charge >= 0.3 is 0 Å². The fraction of sp³-hybridized carbons (Fsp3) is 0. The number of fused-ring (bicyclic) bond motifs is 6. The maximum atomic E-state index is 6.07. The van der Waals surface area contributed by atoms with Crippen molar-refractivity contribution in [2.75, 3.05) is 0 Å². The number of benzene rings is 2. The Morgan fingerprint density at radius 2 is 0.964 bits per heavy atom. The van der Waals surface area contributed by atoms with Crippen molar-refractivity contribution in [2.24, 2.45) is 0 Å². The molecule has 0 aliphatic carbocycles. The SMILES string of the molecule is Clc1nc2n(n1)c1nc(-c3ccccc3)nn1c1nc(-c3ccccc3)nn21. The van der Waals surface area contributed by atoms with Crippen LogP contribution in [0.1, 0.15) is 0 Å². The second-order valence-corrected chi connectivity index (χ2v) is 6.46. The van der Waals surface area contributed by atoms with E-state index >= 15 is 0 Å². The van der Waals surface area contributed by atoms with E-state index in [-0.39, 0.29) is 5.28 Å². The lowest BCUT2D eigenvalue weighted by Gasteiger charge is -1.97. The van der Waals surface area contributed by atoms with Crippen molar-refractivity contribution in [1.29, 1.82) is 0 Å². The number of nitrogens with zero attached hydrogens (tertiary/aromatic N) is 9. The van der Waals surface area contributed by atoms with E-state index in [1.807, 2.05) is 60.7 Å². The molecule has 0 saturated carbocycles. The number of hydrogen-bond acceptors (Lipinski definition) is 6. The van der Waals surface area contributed by atoms with Gasteiger partial charge in [0.05, 0.1) is 0 Å². The predicted molar refractivity (Wildman–Crippen MR) is 102 cm³/mol. The second kappa shape index (κ2) is 5.57. The largest absolute Gasteiger partial charge is 0.261 e. The summed E-state index contributed by atoms with van der Waals surface area (Å²) in [6, 6.07) is 19.4. The van der Waals surface area contributed by atoms with E-state index < -0.39 is 0 Å². The molecule has 9 nitrogen and oxygen atoms in total. The van der Waals surface area contributed by atoms with E-state index in [2.05, 4.69) is 30.2 Å². The molecule has 0 fully saturated rings. The van der Waals surface area contributed by atoms with E-state index in [0.29, 0.717) is 29.0 Å². The van der Waals surface area contributed by atoms with Gasteiger partial charge < -0.3 is 0 Å². The molecule has 2 aromatic carbocycles. The molecule has 0 amide bonds. The summed E-state index contributed by atoms with van der Waals surface area (Å²) in [5, 5.41) is 13.6. The minimum Gasteiger partial charge on any atom is -0.189 e. The van der Waals surface area contributed by atoms with Crippen LogP contribution in [0.2, 0.25) is 5.28 Å². The molecular weight excluding hydrogens is 378 g/mol. The zero-order valence-electron chi connectivity index (χ0n) is 14.2. The quantitative estimate of drug-likeness (QED) is 0.453. The van der Waals surface area contributed by atoms with Gasteiger partial charge in [0, 0.05) is 11.1 Å². The van der Waals surface area contributed by atoms with Crippen LogP contribution in [0.5, 0.6) is 0 Å². The van der Waals surface area contributed by atoms with Crippen molar-refractivity contribution in [3.8, 4) is 22.8 Å². The van der Waals surface area contributed by atoms with Crippen LogP contribution in [0.4, 0.5) is 0 Å². The standard InChI is InChI=1S/C18H10ClN9/c19-15-22-18-27-16(20-13(24-27)11-7-3-1-4-8-11)26-17(28(18)25-15)21-14(23-26)12-9-5-2-6-10-12/h1-10H. The number of aromatic nitrogens is 9. The molecule has 10 heteroatoms. The molecular formula is C18H10ClN9. The summed E-state index contributed by atoms with van der Waals surface area (Å²) >= 11 is 6.07. The van der Waals surface area contributed by atoms with Crippen LogP contribution in [0.15, 0.2) is 60.7 Å². The lowest BCUT2D eigenvalue weighted by Crippen LogP contribution is -2.06. The summed E-state index contributed by atoms with van der Waals surface area (Å²) in [6.45, 7) is 0. The summed E-state index contributed by atoms with van der Waals surface area (Å²) in [4.78, 5) is 13.6. The zero-order valence-corrected chi connectivity index (χ0v) is 14.9. The molecule has 0 atom stereocenters. The molecule has 0 spiro atoms. The Hall–Kier alpha value is -3.85. The maximum Gasteiger partial charge on any atom is 0.261 e. The molecule has 0 aliphatic heterocycles. The van der Waals surface area contributed by atoms with E-state index in [4.69, 9.17) is 11.6 Å². The summed E-state index contributed by atoms with van der Waals surface area (Å²) in [7, 11) is 0. The first-order chi connectivity index (χ1) is 13.8. The highest BCUT2D eigenvalue weighted by molar-refractivity contribution is 6.28. The lowest BCUT2D eigenvalue weighted by molar-refractivity contribution is 0.817. The molecule has 0 bridgehead atoms. The smallest absolute Gasteiger partial charge is 0.189 e. The first-order valence-electron chi connectivity index (χ1n) is 8.46. The highest BCUT2D eigenvalue weighted by Gasteiger charge is 2.20. The van der Waals surface area contributed by atoms with Gasteiger partial charge in [-0.15, -0.1) is 15.3 Å². The molecule has 4 heterocycles. The van der Waals surface area contributed by atoms with Gasteiger partial charge in [0.15, 0.2) is 11.6 Å². The molecule has 6 aromatic rings. The van der Waals surface area contributed by atoms with Crippen molar-refractivity contribution < 1.29 is 0 Å². The molecule has 0 unspecified atom stereocenters. The normalized spacial score (nSPS) is 11.8. The lowest BCUT2D eigenvalue weighted by atomic mass is 10.2. The Morgan fingerprint density at radius 1 is 0.536 bits per heavy atom. The summed E-state index contributed by atoms with van der Waals surface area (Å²) < 4.78 is 4.68. The molecule has 0 saturated heterocycles. The van der Waals surface area contributed by atoms with Crippen LogP contribution >= 0.6 is 11.6 Å². The van der Waals surface area contributed by atoms with Crippen LogP contribution in [-0.4, -0.2) is 43.8 Å². The predicted octanol–water partition coefficient (Wildman–Crippen LogP) is 2.80. The van der Waals surface area contributed by atoms with E-state index in [1.165, 1.54) is 4.52 Å². The first-order valence-corrected chi connectivity index (χ1v) is 8.84. The van der Waals surface area contributed by atoms with Crippen molar-refractivity contribution >= 4 is 28.9 Å². The highest BCUT2D eigenvalue weighted by Crippen LogP contribution is 2.21. The Morgan fingerprint density at radius 3 is 1.46 bits per heavy atom. The monoisotopic (exact) mass is 387 g/mol. The molecule has 0 aliphatic rings. The van der Waals surface area contributed by atoms with Crippen LogP contribution in [0.25, 0.3) is 40.1 Å². The Kier molecular flexibility index (Phi) is 3.03. The molecule has 0 N–H and O–H groups in total. The minimum absolute atomic E-state index is 0.0930. The van der Waals surface area contributed by atoms with Crippen LogP contribution in [-0.2, 0) is 0 Å². The van der Waals surface area contributed by atoms with E-state index in [0.717, 1.165) is 11.1 Å². The number of halogens is 1. The average molecular weight is 388 g/mol. The fourth-order valence-corrected chi connectivity index (χ4v) is 3.27. The van der Waals surface area contributed by atoms with Gasteiger partial charge in [-0.2, -0.15) is 28.5 Å². The van der Waals surface area contributed by atoms with Gasteiger partial charge in [0.25, 0.3) is 17.3 Å². The van der Waals surface area contributed by atoms with Gasteiger partial charge in [-0.3, -0.25) is 0 Å². The minimum atomic E-state index is 0.0930. The summed E-state index contributed by atoms with van der Waals surface area (Å²) in [6.07, 6.45) is 0. The molecule has 28 heavy (non-hydrogen) atoms. The third-order valence-corrected chi connectivity index (χ3v) is 4.54. The maximum absolute atomic E-state index is 6.07. The van der Waals surface area contributed by atoms with E-state index in [9.17, 15) is 0 Å². The third kappa shape index (κ3) is 2.13. The Balaban J connectivity index is 1.73. The number of rotatable bonds is 2. The highest BCUT2D eigenvalue weighted by atomic mass is 35.5. The molecule has 0 radical (unpaired) electrons. The van der Waals surface area contributed by atoms with E-state index in [1.54, 1.807) is 9.03 Å². The van der Waals surface area contributed by atoms with Crippen LogP contribution < -0.4 is 0 Å². The third-order valence-electron chi connectivity index (χ3n) is 4.38. The Labute approximate surface area is 161 Å². The molecule has 6 rings (SSSR count). The fourth-order valence-electron chi connectivity index (χ4n) is 3.12. The van der Waals surface area contributed by atoms with Gasteiger partial charge in [0.1, 0.15) is 0 Å². The van der Waals surface area contributed by atoms with Crippen LogP contribution in [0, 0.1) is 0 Å².